The summed E-state index contributed by atoms with van der Waals surface area (Å²) in [6, 6.07) is 6.41. The van der Waals surface area contributed by atoms with E-state index in [0.717, 1.165) is 68.0 Å². The van der Waals surface area contributed by atoms with E-state index < -0.39 is 0 Å². The van der Waals surface area contributed by atoms with Crippen LogP contribution in [0.1, 0.15) is 25.0 Å². The summed E-state index contributed by atoms with van der Waals surface area (Å²) in [5.74, 6) is 2.41. The largest absolute Gasteiger partial charge is 0.381 e. The SMILES string of the molecule is Cc1cc(NC2CCN(CC3CCOC3)CC2)nc(-c2ccncc2)n1. The molecule has 2 aliphatic rings. The van der Waals surface area contributed by atoms with Crippen molar-refractivity contribution in [1.29, 1.82) is 0 Å². The molecule has 1 N–H and O–H groups in total. The zero-order chi connectivity index (χ0) is 17.8. The number of likely N-dealkylation sites (tertiary alicyclic amines) is 1. The number of anilines is 1. The summed E-state index contributed by atoms with van der Waals surface area (Å²) in [4.78, 5) is 15.9. The third kappa shape index (κ3) is 4.37. The van der Waals surface area contributed by atoms with Crippen LogP contribution < -0.4 is 5.32 Å². The molecule has 2 aromatic heterocycles. The van der Waals surface area contributed by atoms with Crippen LogP contribution in [-0.4, -0.2) is 58.7 Å². The molecule has 0 spiro atoms. The van der Waals surface area contributed by atoms with Gasteiger partial charge in [-0.1, -0.05) is 0 Å². The Labute approximate surface area is 155 Å². The predicted molar refractivity (Wildman–Crippen MR) is 102 cm³/mol. The fourth-order valence-corrected chi connectivity index (χ4v) is 3.83. The zero-order valence-electron chi connectivity index (χ0n) is 15.4. The molecule has 2 fully saturated rings. The normalized spacial score (nSPS) is 21.8. The Morgan fingerprint density at radius 1 is 1.15 bits per heavy atom. The highest BCUT2D eigenvalue weighted by atomic mass is 16.5. The number of piperidine rings is 1. The van der Waals surface area contributed by atoms with E-state index >= 15 is 0 Å². The van der Waals surface area contributed by atoms with Crippen LogP contribution in [-0.2, 0) is 4.74 Å². The molecule has 1 atom stereocenters. The van der Waals surface area contributed by atoms with Crippen molar-refractivity contribution < 1.29 is 4.74 Å². The van der Waals surface area contributed by atoms with Crippen LogP contribution in [0.5, 0.6) is 0 Å². The summed E-state index contributed by atoms with van der Waals surface area (Å²) >= 11 is 0. The molecule has 26 heavy (non-hydrogen) atoms. The second-order valence-electron chi connectivity index (χ2n) is 7.40. The zero-order valence-corrected chi connectivity index (χ0v) is 15.4. The Morgan fingerprint density at radius 3 is 2.69 bits per heavy atom. The second kappa shape index (κ2) is 8.10. The van der Waals surface area contributed by atoms with Crippen molar-refractivity contribution in [3.63, 3.8) is 0 Å². The maximum absolute atomic E-state index is 5.50. The number of ether oxygens (including phenoxy) is 1. The van der Waals surface area contributed by atoms with E-state index in [-0.39, 0.29) is 0 Å². The Bertz CT molecular complexity index is 709. The molecule has 2 aromatic rings. The predicted octanol–water partition coefficient (Wildman–Crippen LogP) is 2.76. The molecule has 0 bridgehead atoms. The van der Waals surface area contributed by atoms with Crippen LogP contribution in [0.2, 0.25) is 0 Å². The van der Waals surface area contributed by atoms with E-state index in [4.69, 9.17) is 9.72 Å². The third-order valence-electron chi connectivity index (χ3n) is 5.27. The lowest BCUT2D eigenvalue weighted by atomic mass is 10.0. The van der Waals surface area contributed by atoms with Crippen molar-refractivity contribution in [2.24, 2.45) is 5.92 Å². The summed E-state index contributed by atoms with van der Waals surface area (Å²) in [5, 5.41) is 3.63. The number of nitrogens with one attached hydrogen (secondary N) is 1. The maximum atomic E-state index is 5.50. The van der Waals surface area contributed by atoms with Gasteiger partial charge in [-0.05, 0) is 44.2 Å². The lowest BCUT2D eigenvalue weighted by Crippen LogP contribution is -2.41. The molecule has 2 aliphatic heterocycles. The highest BCUT2D eigenvalue weighted by molar-refractivity contribution is 5.56. The fourth-order valence-electron chi connectivity index (χ4n) is 3.83. The van der Waals surface area contributed by atoms with Gasteiger partial charge in [-0.2, -0.15) is 0 Å². The minimum atomic E-state index is 0.477. The molecule has 6 nitrogen and oxygen atoms in total. The number of aromatic nitrogens is 3. The van der Waals surface area contributed by atoms with Crippen LogP contribution >= 0.6 is 0 Å². The molecule has 0 amide bonds. The molecular weight excluding hydrogens is 326 g/mol. The summed E-state index contributed by atoms with van der Waals surface area (Å²) in [5.41, 5.74) is 1.98. The number of nitrogens with zero attached hydrogens (tertiary/aromatic N) is 4. The van der Waals surface area contributed by atoms with E-state index in [1.165, 1.54) is 13.0 Å². The number of pyridine rings is 1. The second-order valence-corrected chi connectivity index (χ2v) is 7.40. The highest BCUT2D eigenvalue weighted by Crippen LogP contribution is 2.21. The minimum Gasteiger partial charge on any atom is -0.381 e. The maximum Gasteiger partial charge on any atom is 0.161 e. The smallest absolute Gasteiger partial charge is 0.161 e. The molecule has 6 heteroatoms. The van der Waals surface area contributed by atoms with Crippen molar-refractivity contribution >= 4 is 5.82 Å². The van der Waals surface area contributed by atoms with Gasteiger partial charge in [0.2, 0.25) is 0 Å². The summed E-state index contributed by atoms with van der Waals surface area (Å²) in [7, 11) is 0. The Balaban J connectivity index is 1.35. The first-order valence-corrected chi connectivity index (χ1v) is 9.59. The standard InChI is InChI=1S/C20H27N5O/c1-15-12-19(24-20(22-15)17-2-7-21-8-3-17)23-18-4-9-25(10-5-18)13-16-6-11-26-14-16/h2-3,7-8,12,16,18H,4-6,9-11,13-14H2,1H3,(H,22,23,24). The fraction of sp³-hybridized carbons (Fsp3) is 0.550. The van der Waals surface area contributed by atoms with Gasteiger partial charge in [0.25, 0.3) is 0 Å². The van der Waals surface area contributed by atoms with Gasteiger partial charge in [-0.15, -0.1) is 0 Å². The first kappa shape index (κ1) is 17.4. The van der Waals surface area contributed by atoms with Crippen molar-refractivity contribution in [3.05, 3.63) is 36.3 Å². The third-order valence-corrected chi connectivity index (χ3v) is 5.27. The van der Waals surface area contributed by atoms with Crippen LogP contribution in [0.4, 0.5) is 5.82 Å². The van der Waals surface area contributed by atoms with Crippen LogP contribution in [0.3, 0.4) is 0 Å². The van der Waals surface area contributed by atoms with Gasteiger partial charge in [0, 0.05) is 62.0 Å². The first-order valence-electron chi connectivity index (χ1n) is 9.59. The molecule has 0 radical (unpaired) electrons. The van der Waals surface area contributed by atoms with Gasteiger partial charge in [0.1, 0.15) is 5.82 Å². The molecule has 1 unspecified atom stereocenters. The number of hydrogen-bond donors (Lipinski definition) is 1. The van der Waals surface area contributed by atoms with Crippen LogP contribution in [0.15, 0.2) is 30.6 Å². The lowest BCUT2D eigenvalue weighted by molar-refractivity contribution is 0.154. The Kier molecular flexibility index (Phi) is 5.41. The average Bonchev–Trinajstić information content (AvgIpc) is 3.17. The van der Waals surface area contributed by atoms with Gasteiger partial charge in [-0.25, -0.2) is 9.97 Å². The summed E-state index contributed by atoms with van der Waals surface area (Å²) in [6.07, 6.45) is 7.08. The van der Waals surface area contributed by atoms with E-state index in [9.17, 15) is 0 Å². The number of aryl methyl sites for hydroxylation is 1. The topological polar surface area (TPSA) is 63.2 Å². The average molecular weight is 353 g/mol. The molecule has 138 valence electrons. The quantitative estimate of drug-likeness (QED) is 0.892. The van der Waals surface area contributed by atoms with Gasteiger partial charge in [0.05, 0.1) is 6.61 Å². The van der Waals surface area contributed by atoms with Crippen molar-refractivity contribution in [1.82, 2.24) is 19.9 Å². The van der Waals surface area contributed by atoms with Crippen molar-refractivity contribution in [3.8, 4) is 11.4 Å². The van der Waals surface area contributed by atoms with Crippen LogP contribution in [0.25, 0.3) is 11.4 Å². The minimum absolute atomic E-state index is 0.477. The Morgan fingerprint density at radius 2 is 1.96 bits per heavy atom. The van der Waals surface area contributed by atoms with Crippen molar-refractivity contribution in [2.45, 2.75) is 32.2 Å². The molecular formula is C20H27N5O. The van der Waals surface area contributed by atoms with E-state index in [1.807, 2.05) is 25.1 Å². The van der Waals surface area contributed by atoms with Gasteiger partial charge in [0.15, 0.2) is 5.82 Å². The molecule has 4 heterocycles. The van der Waals surface area contributed by atoms with Crippen LogP contribution in [0, 0.1) is 12.8 Å². The van der Waals surface area contributed by atoms with E-state index in [2.05, 4.69) is 20.2 Å². The molecule has 0 saturated carbocycles. The van der Waals surface area contributed by atoms with Gasteiger partial charge in [-0.3, -0.25) is 4.98 Å². The summed E-state index contributed by atoms with van der Waals surface area (Å²) < 4.78 is 5.50. The van der Waals surface area contributed by atoms with E-state index in [1.54, 1.807) is 12.4 Å². The molecule has 0 aliphatic carbocycles. The molecule has 0 aromatic carbocycles. The number of hydrogen-bond acceptors (Lipinski definition) is 6. The van der Waals surface area contributed by atoms with Gasteiger partial charge >= 0.3 is 0 Å². The monoisotopic (exact) mass is 353 g/mol. The molecule has 4 rings (SSSR count). The summed E-state index contributed by atoms with van der Waals surface area (Å²) in [6.45, 7) is 7.38. The number of rotatable bonds is 5. The lowest BCUT2D eigenvalue weighted by Gasteiger charge is -2.33. The van der Waals surface area contributed by atoms with Crippen molar-refractivity contribution in [2.75, 3.05) is 38.2 Å². The molecule has 2 saturated heterocycles. The first-order chi connectivity index (χ1) is 12.8. The Hall–Kier alpha value is -2.05. The highest BCUT2D eigenvalue weighted by Gasteiger charge is 2.24. The van der Waals surface area contributed by atoms with E-state index in [0.29, 0.717) is 6.04 Å². The van der Waals surface area contributed by atoms with Gasteiger partial charge < -0.3 is 15.0 Å².